The van der Waals surface area contributed by atoms with Gasteiger partial charge in [-0.3, -0.25) is 4.98 Å². The third-order valence-corrected chi connectivity index (χ3v) is 7.71. The number of nitrogens with two attached hydrogens (primary N) is 1. The molecule has 0 saturated heterocycles. The molecule has 0 bridgehead atoms. The summed E-state index contributed by atoms with van der Waals surface area (Å²) >= 11 is 0. The molecular weight excluding hydrogens is 549 g/mol. The largest absolute Gasteiger partial charge is 0.398 e. The van der Waals surface area contributed by atoms with Crippen molar-refractivity contribution in [3.8, 4) is 11.1 Å². The first-order chi connectivity index (χ1) is 21.2. The first-order valence-corrected chi connectivity index (χ1v) is 14.8. The summed E-state index contributed by atoms with van der Waals surface area (Å²) in [5.74, 6) is 0.758. The Bertz CT molecular complexity index is 1790. The fourth-order valence-corrected chi connectivity index (χ4v) is 5.05. The quantitative estimate of drug-likeness (QED) is 0.0961. The molecule has 2 aromatic heterocycles. The molecule has 4 aromatic rings. The van der Waals surface area contributed by atoms with Gasteiger partial charge in [-0.05, 0) is 99.0 Å². The number of aromatic nitrogens is 3. The van der Waals surface area contributed by atoms with Crippen molar-refractivity contribution in [1.29, 1.82) is 0 Å². The lowest BCUT2D eigenvalue weighted by Gasteiger charge is -2.13. The molecule has 0 radical (unpaired) electrons. The van der Waals surface area contributed by atoms with Crippen LogP contribution in [-0.2, 0) is 0 Å². The van der Waals surface area contributed by atoms with Crippen LogP contribution in [0.3, 0.4) is 0 Å². The van der Waals surface area contributed by atoms with Crippen molar-refractivity contribution in [1.82, 2.24) is 25.2 Å². The molecule has 7 nitrogen and oxygen atoms in total. The van der Waals surface area contributed by atoms with Gasteiger partial charge in [0.15, 0.2) is 0 Å². The Labute approximate surface area is 258 Å². The number of hydrogen-bond acceptors (Lipinski definition) is 6. The van der Waals surface area contributed by atoms with Crippen LogP contribution < -0.4 is 16.4 Å². The van der Waals surface area contributed by atoms with Crippen molar-refractivity contribution in [2.75, 3.05) is 38.2 Å². The molecular formula is C36H40FN7. The number of hydrogen-bond donors (Lipinski definition) is 4. The Morgan fingerprint density at radius 1 is 1.16 bits per heavy atom. The number of likely N-dealkylation sites (N-methyl/N-ethyl adjacent to an activating group) is 1. The van der Waals surface area contributed by atoms with Crippen LogP contribution in [0.2, 0.25) is 0 Å². The predicted octanol–water partition coefficient (Wildman–Crippen LogP) is 7.37. The number of pyridine rings is 1. The molecule has 0 unspecified atom stereocenters. The minimum absolute atomic E-state index is 0.336. The minimum Gasteiger partial charge on any atom is -0.398 e. The van der Waals surface area contributed by atoms with Crippen LogP contribution in [0.4, 0.5) is 15.8 Å². The van der Waals surface area contributed by atoms with E-state index in [9.17, 15) is 4.39 Å². The highest BCUT2D eigenvalue weighted by molar-refractivity contribution is 5.94. The van der Waals surface area contributed by atoms with E-state index in [0.29, 0.717) is 51.9 Å². The summed E-state index contributed by atoms with van der Waals surface area (Å²) in [6.45, 7) is 16.0. The molecule has 8 heteroatoms. The van der Waals surface area contributed by atoms with Crippen LogP contribution in [0.15, 0.2) is 98.2 Å². The number of allylic oxidation sites excluding steroid dienone is 5. The van der Waals surface area contributed by atoms with Gasteiger partial charge < -0.3 is 26.3 Å². The molecule has 0 spiro atoms. The van der Waals surface area contributed by atoms with Crippen LogP contribution in [0, 0.1) is 11.7 Å². The van der Waals surface area contributed by atoms with Gasteiger partial charge in [0.25, 0.3) is 0 Å². The van der Waals surface area contributed by atoms with E-state index in [2.05, 4.69) is 51.3 Å². The summed E-state index contributed by atoms with van der Waals surface area (Å²) < 4.78 is 14.7. The Kier molecular flexibility index (Phi) is 9.11. The number of nitrogens with zero attached hydrogens (tertiary/aromatic N) is 3. The van der Waals surface area contributed by atoms with Crippen molar-refractivity contribution in [3.63, 3.8) is 0 Å². The Morgan fingerprint density at radius 3 is 2.66 bits per heavy atom. The number of H-pyrrole nitrogens is 1. The van der Waals surface area contributed by atoms with Crippen LogP contribution in [-0.4, -0.2) is 47.0 Å². The monoisotopic (exact) mass is 589 g/mol. The number of anilines is 2. The maximum atomic E-state index is 14.7. The summed E-state index contributed by atoms with van der Waals surface area (Å²) in [6.07, 6.45) is 11.7. The highest BCUT2D eigenvalue weighted by Gasteiger charge is 2.24. The van der Waals surface area contributed by atoms with Crippen LogP contribution in [0.25, 0.3) is 33.3 Å². The molecule has 44 heavy (non-hydrogen) atoms. The zero-order chi connectivity index (χ0) is 31.4. The number of nitrogens with one attached hydrogen (secondary N) is 3. The summed E-state index contributed by atoms with van der Waals surface area (Å²) in [5.41, 5.74) is 15.8. The number of fused-ring (bicyclic) bond motifs is 1. The van der Waals surface area contributed by atoms with E-state index in [4.69, 9.17) is 10.7 Å². The van der Waals surface area contributed by atoms with Crippen LogP contribution in [0.1, 0.15) is 36.7 Å². The second-order valence-corrected chi connectivity index (χ2v) is 11.4. The molecule has 2 heterocycles. The molecule has 0 aliphatic heterocycles. The average molecular weight is 590 g/mol. The fourth-order valence-electron chi connectivity index (χ4n) is 5.05. The van der Waals surface area contributed by atoms with Crippen LogP contribution >= 0.6 is 0 Å². The Hall–Kier alpha value is -4.95. The molecule has 1 aliphatic rings. The molecule has 1 fully saturated rings. The second kappa shape index (κ2) is 13.1. The van der Waals surface area contributed by atoms with E-state index in [1.54, 1.807) is 18.5 Å². The normalized spacial score (nSPS) is 13.8. The van der Waals surface area contributed by atoms with E-state index in [-0.39, 0.29) is 5.82 Å². The van der Waals surface area contributed by atoms with Crippen molar-refractivity contribution < 1.29 is 4.39 Å². The standard InChI is InChI=1S/C36H40FN7/c1-7-24(16-29(8-2)41-23(4)25-9-10-25)26-11-12-33(38)31(18-26)22(3)36-42-34-21-39-20-32(35(34)43-36)27-15-28(37)19-30(17-27)40-13-14-44(5)6/h7-8,11-12,15-21,25,40-41H,2-4,9-10,13-14,38H2,1,5-6H3,(H,42,43)/b24-7+,29-16+. The van der Waals surface area contributed by atoms with Crippen molar-refractivity contribution >= 4 is 33.6 Å². The highest BCUT2D eigenvalue weighted by Crippen LogP contribution is 2.35. The molecule has 1 saturated carbocycles. The lowest BCUT2D eigenvalue weighted by molar-refractivity contribution is 0.425. The van der Waals surface area contributed by atoms with E-state index >= 15 is 0 Å². The van der Waals surface area contributed by atoms with Gasteiger partial charge in [-0.15, -0.1) is 0 Å². The summed E-state index contributed by atoms with van der Waals surface area (Å²) in [5, 5.41) is 6.70. The zero-order valence-electron chi connectivity index (χ0n) is 25.7. The lowest BCUT2D eigenvalue weighted by atomic mass is 9.97. The van der Waals surface area contributed by atoms with Gasteiger partial charge in [0, 0.05) is 58.8 Å². The maximum Gasteiger partial charge on any atom is 0.138 e. The van der Waals surface area contributed by atoms with Gasteiger partial charge in [0.05, 0.1) is 17.2 Å². The lowest BCUT2D eigenvalue weighted by Crippen LogP contribution is -2.20. The second-order valence-electron chi connectivity index (χ2n) is 11.4. The SMILES string of the molecule is C=C/C(=C\C(=C/C)c1ccc(N)c(C(=C)c2nc3c(-c4cc(F)cc(NCCN(C)C)c4)cncc3[nH]2)c1)NC(=C)C1CC1. The third kappa shape index (κ3) is 6.98. The molecule has 0 amide bonds. The molecule has 1 aliphatic carbocycles. The number of imidazole rings is 1. The number of rotatable bonds is 13. The molecule has 5 N–H and O–H groups in total. The fraction of sp³-hybridized carbons (Fsp3) is 0.222. The van der Waals surface area contributed by atoms with Gasteiger partial charge in [0.1, 0.15) is 11.6 Å². The van der Waals surface area contributed by atoms with E-state index in [1.807, 2.05) is 51.4 Å². The molecule has 0 atom stereocenters. The van der Waals surface area contributed by atoms with E-state index in [1.165, 1.54) is 25.0 Å². The van der Waals surface area contributed by atoms with Gasteiger partial charge in [0.2, 0.25) is 0 Å². The number of nitrogen functional groups attached to an aromatic ring is 1. The van der Waals surface area contributed by atoms with Gasteiger partial charge in [-0.25, -0.2) is 9.37 Å². The summed E-state index contributed by atoms with van der Waals surface area (Å²) in [7, 11) is 4.00. The van der Waals surface area contributed by atoms with Crippen molar-refractivity contribution in [2.24, 2.45) is 5.92 Å². The smallest absolute Gasteiger partial charge is 0.138 e. The zero-order valence-corrected chi connectivity index (χ0v) is 25.7. The first kappa shape index (κ1) is 30.5. The maximum absolute atomic E-state index is 14.7. The van der Waals surface area contributed by atoms with Gasteiger partial charge in [-0.2, -0.15) is 0 Å². The Balaban J connectivity index is 1.45. The van der Waals surface area contributed by atoms with Crippen molar-refractivity contribution in [3.05, 3.63) is 121 Å². The number of benzene rings is 2. The third-order valence-electron chi connectivity index (χ3n) is 7.71. The number of aromatic amines is 1. The van der Waals surface area contributed by atoms with Crippen molar-refractivity contribution in [2.45, 2.75) is 19.8 Å². The first-order valence-electron chi connectivity index (χ1n) is 14.8. The topological polar surface area (TPSA) is 94.9 Å². The summed E-state index contributed by atoms with van der Waals surface area (Å²) in [4.78, 5) is 14.7. The van der Waals surface area contributed by atoms with E-state index < -0.39 is 0 Å². The Morgan fingerprint density at radius 2 is 1.95 bits per heavy atom. The summed E-state index contributed by atoms with van der Waals surface area (Å²) in [6, 6.07) is 10.8. The minimum atomic E-state index is -0.336. The highest BCUT2D eigenvalue weighted by atomic mass is 19.1. The average Bonchev–Trinajstić information content (AvgIpc) is 3.76. The number of halogens is 1. The predicted molar refractivity (Wildman–Crippen MR) is 182 cm³/mol. The van der Waals surface area contributed by atoms with Gasteiger partial charge in [-0.1, -0.05) is 31.9 Å². The van der Waals surface area contributed by atoms with Gasteiger partial charge >= 0.3 is 0 Å². The molecule has 226 valence electrons. The molecule has 2 aromatic carbocycles. The molecule has 5 rings (SSSR count). The van der Waals surface area contributed by atoms with Crippen LogP contribution in [0.5, 0.6) is 0 Å². The van der Waals surface area contributed by atoms with E-state index in [0.717, 1.165) is 40.2 Å².